The Morgan fingerprint density at radius 1 is 0.885 bits per heavy atom. The Kier molecular flexibility index (Phi) is 18.2. The number of aliphatic carboxylic acids is 2. The zero-order chi connectivity index (χ0) is 40.0. The van der Waals surface area contributed by atoms with Crippen LogP contribution in [-0.4, -0.2) is 102 Å². The maximum atomic E-state index is 14.2. The summed E-state index contributed by atoms with van der Waals surface area (Å²) in [4.78, 5) is 77.7. The third-order valence-corrected chi connectivity index (χ3v) is 9.29. The molecule has 0 heterocycles. The van der Waals surface area contributed by atoms with Crippen molar-refractivity contribution in [2.75, 3.05) is 20.6 Å². The van der Waals surface area contributed by atoms with Gasteiger partial charge in [-0.2, -0.15) is 0 Å². The smallest absolute Gasteiger partial charge is 0.326 e. The van der Waals surface area contributed by atoms with Crippen LogP contribution in [0.5, 0.6) is 0 Å². The average Bonchev–Trinajstić information content (AvgIpc) is 3.06. The van der Waals surface area contributed by atoms with Crippen molar-refractivity contribution in [3.05, 3.63) is 47.5 Å². The molecule has 0 unspecified atom stereocenters. The fraction of sp³-hybridized carbons (Fsp3) is 0.632. The molecule has 0 aliphatic heterocycles. The lowest BCUT2D eigenvalue weighted by Gasteiger charge is -2.40. The lowest BCUT2D eigenvalue weighted by atomic mass is 9.76. The second-order valence-corrected chi connectivity index (χ2v) is 15.3. The van der Waals surface area contributed by atoms with Gasteiger partial charge >= 0.3 is 11.9 Å². The summed E-state index contributed by atoms with van der Waals surface area (Å²) in [5.74, 6) is -4.30. The number of hydrogen-bond donors (Lipinski definition) is 7. The predicted octanol–water partition coefficient (Wildman–Crippen LogP) is 2.56. The maximum absolute atomic E-state index is 14.2. The Morgan fingerprint density at radius 2 is 1.48 bits per heavy atom. The van der Waals surface area contributed by atoms with Crippen LogP contribution in [0.4, 0.5) is 0 Å². The van der Waals surface area contributed by atoms with E-state index in [0.717, 1.165) is 5.56 Å². The van der Waals surface area contributed by atoms with Gasteiger partial charge in [0.05, 0.1) is 12.1 Å². The van der Waals surface area contributed by atoms with E-state index in [1.807, 2.05) is 78.8 Å². The van der Waals surface area contributed by atoms with Crippen LogP contribution in [0, 0.1) is 11.3 Å². The van der Waals surface area contributed by atoms with E-state index < -0.39 is 64.8 Å². The van der Waals surface area contributed by atoms with Gasteiger partial charge in [0.15, 0.2) is 0 Å². The van der Waals surface area contributed by atoms with Crippen molar-refractivity contribution >= 4 is 35.6 Å². The Hall–Kier alpha value is -4.30. The second kappa shape index (κ2) is 20.7. The first-order valence-electron chi connectivity index (χ1n) is 17.8. The zero-order valence-electron chi connectivity index (χ0n) is 32.5. The number of carboxylic acid groups (broad SMARTS) is 2. The fourth-order valence-electron chi connectivity index (χ4n) is 5.90. The molecular weight excluding hydrogens is 668 g/mol. The van der Waals surface area contributed by atoms with Crippen molar-refractivity contribution in [1.29, 1.82) is 0 Å². The van der Waals surface area contributed by atoms with E-state index in [9.17, 15) is 33.9 Å². The molecule has 0 bridgehead atoms. The third kappa shape index (κ3) is 14.0. The first kappa shape index (κ1) is 45.7. The van der Waals surface area contributed by atoms with Crippen molar-refractivity contribution in [2.24, 2.45) is 17.1 Å². The van der Waals surface area contributed by atoms with Crippen molar-refractivity contribution in [1.82, 2.24) is 26.2 Å². The Morgan fingerprint density at radius 3 is 1.98 bits per heavy atom. The van der Waals surface area contributed by atoms with Gasteiger partial charge in [-0.1, -0.05) is 84.9 Å². The molecule has 8 N–H and O–H groups in total. The quantitative estimate of drug-likeness (QED) is 0.0724. The number of carboxylic acids is 2. The lowest BCUT2D eigenvalue weighted by molar-refractivity contribution is -0.141. The van der Waals surface area contributed by atoms with Crippen LogP contribution in [-0.2, 0) is 34.2 Å². The van der Waals surface area contributed by atoms with Crippen LogP contribution in [0.3, 0.4) is 0 Å². The molecule has 0 aromatic heterocycles. The molecule has 52 heavy (non-hydrogen) atoms. The van der Waals surface area contributed by atoms with E-state index in [1.165, 1.54) is 11.8 Å². The van der Waals surface area contributed by atoms with Gasteiger partial charge in [-0.15, -0.1) is 0 Å². The van der Waals surface area contributed by atoms with Gasteiger partial charge < -0.3 is 42.1 Å². The van der Waals surface area contributed by atoms with Gasteiger partial charge in [-0.05, 0) is 56.6 Å². The third-order valence-electron chi connectivity index (χ3n) is 9.29. The molecule has 0 aliphatic rings. The largest absolute Gasteiger partial charge is 0.480 e. The fourth-order valence-corrected chi connectivity index (χ4v) is 5.90. The number of likely N-dealkylation sites (N-methyl/N-ethyl adjacent to an activating group) is 2. The van der Waals surface area contributed by atoms with Crippen LogP contribution >= 0.6 is 0 Å². The van der Waals surface area contributed by atoms with Crippen LogP contribution in [0.2, 0.25) is 0 Å². The summed E-state index contributed by atoms with van der Waals surface area (Å²) < 4.78 is 0. The molecule has 0 aliphatic carbocycles. The highest BCUT2D eigenvalue weighted by molar-refractivity contribution is 5.96. The zero-order valence-corrected chi connectivity index (χ0v) is 32.5. The van der Waals surface area contributed by atoms with Crippen LogP contribution in [0.15, 0.2) is 42.0 Å². The molecule has 0 radical (unpaired) electrons. The molecule has 5 atom stereocenters. The molecule has 0 saturated carbocycles. The number of hydrogen-bond acceptors (Lipinski definition) is 8. The molecule has 1 rings (SSSR count). The normalized spacial score (nSPS) is 15.1. The average molecular weight is 731 g/mol. The number of nitrogens with two attached hydrogens (primary N) is 1. The van der Waals surface area contributed by atoms with Gasteiger partial charge in [0.2, 0.25) is 23.6 Å². The number of nitrogens with zero attached hydrogens (tertiary/aromatic N) is 1. The SMILES string of the molecule is CN[C@H](C(=O)N[C@H](C(=O)N(C)[C@H](/C=C(\C)C(=O)N[C@H](CCC(=O)NCCCC[C@H](N)C(=O)O)C(=O)O)C(C)C)C(C)(C)C)C(C)(C)c1ccccc1. The molecule has 14 nitrogen and oxygen atoms in total. The van der Waals surface area contributed by atoms with Crippen molar-refractivity contribution in [3.63, 3.8) is 0 Å². The number of rotatable bonds is 21. The van der Waals surface area contributed by atoms with E-state index in [0.29, 0.717) is 12.8 Å². The molecule has 4 amide bonds. The lowest BCUT2D eigenvalue weighted by Crippen LogP contribution is -2.61. The molecule has 14 heteroatoms. The molecule has 1 aromatic rings. The van der Waals surface area contributed by atoms with Crippen molar-refractivity contribution in [3.8, 4) is 0 Å². The summed E-state index contributed by atoms with van der Waals surface area (Å²) in [7, 11) is 3.32. The van der Waals surface area contributed by atoms with Crippen LogP contribution in [0.1, 0.15) is 93.1 Å². The first-order valence-corrected chi connectivity index (χ1v) is 17.8. The van der Waals surface area contributed by atoms with Gasteiger partial charge in [0, 0.05) is 31.0 Å². The molecule has 292 valence electrons. The van der Waals surface area contributed by atoms with Crippen LogP contribution in [0.25, 0.3) is 0 Å². The number of carbonyl (C=O) groups is 6. The predicted molar refractivity (Wildman–Crippen MR) is 200 cm³/mol. The molecule has 0 saturated heterocycles. The molecule has 0 fully saturated rings. The van der Waals surface area contributed by atoms with Gasteiger partial charge in [0.1, 0.15) is 18.1 Å². The maximum Gasteiger partial charge on any atom is 0.326 e. The summed E-state index contributed by atoms with van der Waals surface area (Å²) >= 11 is 0. The highest BCUT2D eigenvalue weighted by atomic mass is 16.4. The van der Waals surface area contributed by atoms with Crippen LogP contribution < -0.4 is 27.0 Å². The van der Waals surface area contributed by atoms with Crippen molar-refractivity contribution < 1.29 is 39.0 Å². The number of carbonyl (C=O) groups excluding carboxylic acids is 4. The van der Waals surface area contributed by atoms with E-state index in [-0.39, 0.29) is 49.1 Å². The summed E-state index contributed by atoms with van der Waals surface area (Å²) in [6.07, 6.45) is 2.58. The summed E-state index contributed by atoms with van der Waals surface area (Å²) in [5.41, 5.74) is 5.32. The minimum Gasteiger partial charge on any atom is -0.480 e. The number of nitrogens with one attached hydrogen (secondary N) is 4. The minimum absolute atomic E-state index is 0.155. The minimum atomic E-state index is -1.34. The van der Waals surface area contributed by atoms with Gasteiger partial charge in [-0.25, -0.2) is 4.79 Å². The topological polar surface area (TPSA) is 220 Å². The van der Waals surface area contributed by atoms with E-state index in [2.05, 4.69) is 21.3 Å². The second-order valence-electron chi connectivity index (χ2n) is 15.3. The van der Waals surface area contributed by atoms with E-state index in [1.54, 1.807) is 20.2 Å². The Bertz CT molecular complexity index is 1410. The first-order chi connectivity index (χ1) is 24.1. The monoisotopic (exact) mass is 730 g/mol. The number of benzene rings is 1. The van der Waals surface area contributed by atoms with E-state index >= 15 is 0 Å². The molecule has 1 aromatic carbocycles. The summed E-state index contributed by atoms with van der Waals surface area (Å²) in [6, 6.07) is 5.19. The van der Waals surface area contributed by atoms with Crippen molar-refractivity contribution in [2.45, 2.75) is 123 Å². The Balaban J connectivity index is 3.04. The number of unbranched alkanes of at least 4 members (excludes halogenated alkanes) is 1. The summed E-state index contributed by atoms with van der Waals surface area (Å²) in [5, 5.41) is 29.9. The number of amides is 4. The van der Waals surface area contributed by atoms with E-state index in [4.69, 9.17) is 10.8 Å². The standard InChI is InChI=1S/C38H62N6O8/c1-23(2)28(22-24(3)32(46)42-27(36(51)52)19-20-29(45)41-21-15-14-18-26(39)35(49)50)44(10)34(48)31(37(4,5)6)43-33(47)30(40-9)38(7,8)25-16-12-11-13-17-25/h11-13,16-17,22-23,26-28,30-31,40H,14-15,18-21,39H2,1-10H3,(H,41,45)(H,42,46)(H,43,47)(H,49,50)(H,51,52)/b24-22+/t26-,27+,28+,30+,31+/m0/s1. The highest BCUT2D eigenvalue weighted by Gasteiger charge is 2.41. The highest BCUT2D eigenvalue weighted by Crippen LogP contribution is 2.29. The summed E-state index contributed by atoms with van der Waals surface area (Å²) in [6.45, 7) is 15.1. The van der Waals surface area contributed by atoms with Gasteiger partial charge in [-0.3, -0.25) is 24.0 Å². The Labute approximate surface area is 308 Å². The molecule has 0 spiro atoms. The molecular formula is C38H62N6O8. The van der Waals surface area contributed by atoms with Gasteiger partial charge in [0.25, 0.3) is 0 Å².